The molecule has 6 nitrogen and oxygen atoms in total. The van der Waals surface area contributed by atoms with Gasteiger partial charge in [0.05, 0.1) is 0 Å². The smallest absolute Gasteiger partial charge is 0.250 e. The van der Waals surface area contributed by atoms with E-state index in [9.17, 15) is 4.79 Å². The van der Waals surface area contributed by atoms with Gasteiger partial charge in [0.2, 0.25) is 0 Å². The number of hydrogen-bond acceptors (Lipinski definition) is 4. The zero-order chi connectivity index (χ0) is 18.7. The lowest BCUT2D eigenvalue weighted by Crippen LogP contribution is -2.17. The maximum Gasteiger partial charge on any atom is 0.250 e. The Morgan fingerprint density at radius 2 is 2.19 bits per heavy atom. The second kappa shape index (κ2) is 7.56. The second-order valence-electron chi connectivity index (χ2n) is 6.76. The number of benzene rings is 1. The minimum atomic E-state index is -0.130. The third kappa shape index (κ3) is 4.02. The maximum atomic E-state index is 11.9. The zero-order valence-electron chi connectivity index (χ0n) is 15.1. The summed E-state index contributed by atoms with van der Waals surface area (Å²) in [4.78, 5) is 20.4. The van der Waals surface area contributed by atoms with Crippen molar-refractivity contribution in [2.45, 2.75) is 32.6 Å². The molecule has 0 bridgehead atoms. The Hall–Kier alpha value is -2.89. The van der Waals surface area contributed by atoms with E-state index in [0.717, 1.165) is 54.8 Å². The molecule has 0 spiro atoms. The molecule has 0 radical (unpaired) electrons. The number of nitrogens with one attached hydrogen (secondary N) is 1. The minimum absolute atomic E-state index is 0.0563. The molecule has 0 saturated heterocycles. The molecule has 6 heteroatoms. The predicted octanol–water partition coefficient (Wildman–Crippen LogP) is 2.64. The summed E-state index contributed by atoms with van der Waals surface area (Å²) in [6.45, 7) is 6.92. The fourth-order valence-corrected chi connectivity index (χ4v) is 2.88. The van der Waals surface area contributed by atoms with E-state index in [4.69, 9.17) is 11.5 Å². The van der Waals surface area contributed by atoms with E-state index in [-0.39, 0.29) is 17.7 Å². The van der Waals surface area contributed by atoms with Gasteiger partial charge in [-0.05, 0) is 44.2 Å². The first-order chi connectivity index (χ1) is 12.5. The molecule has 1 fully saturated rings. The van der Waals surface area contributed by atoms with Crippen molar-refractivity contribution in [3.8, 4) is 0 Å². The van der Waals surface area contributed by atoms with Crippen LogP contribution in [0.2, 0.25) is 0 Å². The lowest BCUT2D eigenvalue weighted by atomic mass is 10.0. The molecule has 0 aromatic heterocycles. The van der Waals surface area contributed by atoms with Gasteiger partial charge in [0.1, 0.15) is 5.84 Å². The Morgan fingerprint density at radius 3 is 2.81 bits per heavy atom. The number of carbonyl (C=O) groups excluding carboxylic acids is 1. The van der Waals surface area contributed by atoms with Gasteiger partial charge in [0.15, 0.2) is 0 Å². The van der Waals surface area contributed by atoms with E-state index in [1.807, 2.05) is 25.1 Å². The highest BCUT2D eigenvalue weighted by molar-refractivity contribution is 6.06. The van der Waals surface area contributed by atoms with E-state index in [2.05, 4.69) is 21.9 Å². The Bertz CT molecular complexity index is 831. The van der Waals surface area contributed by atoms with E-state index >= 15 is 0 Å². The molecule has 1 heterocycles. The number of nitrogens with two attached hydrogens (primary N) is 2. The normalized spacial score (nSPS) is 17.8. The number of hydrogen-bond donors (Lipinski definition) is 3. The van der Waals surface area contributed by atoms with Crippen molar-refractivity contribution in [1.82, 2.24) is 0 Å². The molecule has 5 N–H and O–H groups in total. The monoisotopic (exact) mass is 351 g/mol. The Labute approximate surface area is 153 Å². The molecular weight excluding hydrogens is 326 g/mol. The molecule has 1 aromatic carbocycles. The lowest BCUT2D eigenvalue weighted by Gasteiger charge is -2.16. The van der Waals surface area contributed by atoms with Gasteiger partial charge in [-0.25, -0.2) is 0 Å². The van der Waals surface area contributed by atoms with Crippen LogP contribution in [0.1, 0.15) is 36.8 Å². The van der Waals surface area contributed by atoms with Crippen molar-refractivity contribution in [1.29, 1.82) is 0 Å². The summed E-state index contributed by atoms with van der Waals surface area (Å²) in [5.74, 6) is 0.167. The molecule has 26 heavy (non-hydrogen) atoms. The van der Waals surface area contributed by atoms with Crippen LogP contribution in [0, 0.1) is 12.8 Å². The van der Waals surface area contributed by atoms with Crippen LogP contribution in [0.5, 0.6) is 0 Å². The summed E-state index contributed by atoms with van der Waals surface area (Å²) in [7, 11) is 0. The standard InChI is InChI=1S/C20H25N5O/c1-12-5-6-15(19(22)25-20(26)14-7-8-14)10-18(12)24-13(2)16(11-21)17-4-3-9-23-17/h5-6,10-11,14,24H,2-4,7-9,21H2,1H3,(H2,22,25,26)/b16-11-. The highest BCUT2D eigenvalue weighted by Gasteiger charge is 2.29. The number of nitrogens with zero attached hydrogens (tertiary/aromatic N) is 2. The maximum absolute atomic E-state index is 11.9. The topological polar surface area (TPSA) is 106 Å². The van der Waals surface area contributed by atoms with E-state index in [1.165, 1.54) is 0 Å². The van der Waals surface area contributed by atoms with E-state index in [1.54, 1.807) is 6.20 Å². The first kappa shape index (κ1) is 17.9. The van der Waals surface area contributed by atoms with E-state index in [0.29, 0.717) is 11.3 Å². The van der Waals surface area contributed by atoms with Crippen LogP contribution in [0.15, 0.2) is 52.2 Å². The van der Waals surface area contributed by atoms with Gasteiger partial charge < -0.3 is 16.8 Å². The number of aliphatic imine (C=N–C) groups is 2. The average molecular weight is 351 g/mol. The van der Waals surface area contributed by atoms with Crippen molar-refractivity contribution in [3.63, 3.8) is 0 Å². The van der Waals surface area contributed by atoms with Gasteiger partial charge in [-0.3, -0.25) is 9.79 Å². The third-order valence-corrected chi connectivity index (χ3v) is 4.65. The number of allylic oxidation sites excluding steroid dienone is 1. The number of carbonyl (C=O) groups is 1. The van der Waals surface area contributed by atoms with Crippen LogP contribution >= 0.6 is 0 Å². The molecular formula is C20H25N5O. The Balaban J connectivity index is 1.79. The molecule has 0 atom stereocenters. The summed E-state index contributed by atoms with van der Waals surface area (Å²) >= 11 is 0. The Kier molecular flexibility index (Phi) is 5.21. The van der Waals surface area contributed by atoms with Gasteiger partial charge in [0.25, 0.3) is 5.91 Å². The number of rotatable bonds is 6. The highest BCUT2D eigenvalue weighted by Crippen LogP contribution is 2.30. The van der Waals surface area contributed by atoms with Gasteiger partial charge in [-0.2, -0.15) is 4.99 Å². The van der Waals surface area contributed by atoms with Crippen LogP contribution in [0.3, 0.4) is 0 Å². The first-order valence-corrected chi connectivity index (χ1v) is 8.90. The summed E-state index contributed by atoms with van der Waals surface area (Å²) in [5, 5.41) is 3.30. The lowest BCUT2D eigenvalue weighted by molar-refractivity contribution is -0.118. The fraction of sp³-hybridized carbons (Fsp3) is 0.350. The molecule has 1 amide bonds. The summed E-state index contributed by atoms with van der Waals surface area (Å²) in [5.41, 5.74) is 16.9. The number of amides is 1. The minimum Gasteiger partial charge on any atom is -0.404 e. The summed E-state index contributed by atoms with van der Waals surface area (Å²) in [6.07, 6.45) is 5.31. The quantitative estimate of drug-likeness (QED) is 0.416. The zero-order valence-corrected chi connectivity index (χ0v) is 15.1. The van der Waals surface area contributed by atoms with Crippen LogP contribution in [0.25, 0.3) is 0 Å². The summed E-state index contributed by atoms with van der Waals surface area (Å²) < 4.78 is 0. The van der Waals surface area contributed by atoms with Crippen molar-refractivity contribution in [2.75, 3.05) is 11.9 Å². The molecule has 0 unspecified atom stereocenters. The molecule has 136 valence electrons. The summed E-state index contributed by atoms with van der Waals surface area (Å²) in [6, 6.07) is 5.68. The molecule has 3 rings (SSSR count). The van der Waals surface area contributed by atoms with Crippen molar-refractivity contribution < 1.29 is 4.79 Å². The predicted molar refractivity (Wildman–Crippen MR) is 106 cm³/mol. The fourth-order valence-electron chi connectivity index (χ4n) is 2.88. The van der Waals surface area contributed by atoms with Crippen LogP contribution in [-0.4, -0.2) is 24.0 Å². The molecule has 1 aliphatic carbocycles. The number of aryl methyl sites for hydroxylation is 1. The van der Waals surface area contributed by atoms with Crippen LogP contribution in [0.4, 0.5) is 5.69 Å². The van der Waals surface area contributed by atoms with E-state index < -0.39 is 0 Å². The van der Waals surface area contributed by atoms with Gasteiger partial charge in [0, 0.05) is 46.9 Å². The molecule has 1 aliphatic heterocycles. The van der Waals surface area contributed by atoms with Crippen molar-refractivity contribution in [2.24, 2.45) is 27.4 Å². The highest BCUT2D eigenvalue weighted by atomic mass is 16.1. The Morgan fingerprint density at radius 1 is 1.42 bits per heavy atom. The molecule has 2 aliphatic rings. The third-order valence-electron chi connectivity index (χ3n) is 4.65. The first-order valence-electron chi connectivity index (χ1n) is 8.90. The van der Waals surface area contributed by atoms with Crippen molar-refractivity contribution in [3.05, 3.63) is 53.4 Å². The van der Waals surface area contributed by atoms with Gasteiger partial charge >= 0.3 is 0 Å². The molecule has 1 saturated carbocycles. The van der Waals surface area contributed by atoms with Crippen molar-refractivity contribution >= 4 is 23.1 Å². The SMILES string of the molecule is C=C(Nc1cc(C(N)=NC(=O)C2CC2)ccc1C)/C(=C/N)C1=NCCC1. The largest absolute Gasteiger partial charge is 0.404 e. The number of anilines is 1. The average Bonchev–Trinajstić information content (AvgIpc) is 3.34. The van der Waals surface area contributed by atoms with Crippen LogP contribution < -0.4 is 16.8 Å². The van der Waals surface area contributed by atoms with Crippen LogP contribution in [-0.2, 0) is 4.79 Å². The van der Waals surface area contributed by atoms with Gasteiger partial charge in [-0.15, -0.1) is 0 Å². The molecule has 1 aromatic rings. The van der Waals surface area contributed by atoms with Gasteiger partial charge in [-0.1, -0.05) is 18.7 Å². The second-order valence-corrected chi connectivity index (χ2v) is 6.76. The number of amidine groups is 1.